The van der Waals surface area contributed by atoms with Crippen LogP contribution in [0.25, 0.3) is 5.69 Å². The normalized spacial score (nSPS) is 17.6. The summed E-state index contributed by atoms with van der Waals surface area (Å²) in [7, 11) is 1.67. The van der Waals surface area contributed by atoms with E-state index in [9.17, 15) is 0 Å². The summed E-state index contributed by atoms with van der Waals surface area (Å²) in [4.78, 5) is 0. The van der Waals surface area contributed by atoms with Crippen molar-refractivity contribution < 1.29 is 9.47 Å². The van der Waals surface area contributed by atoms with Crippen molar-refractivity contribution in [3.8, 4) is 11.4 Å². The van der Waals surface area contributed by atoms with Crippen molar-refractivity contribution in [2.45, 2.75) is 18.0 Å². The van der Waals surface area contributed by atoms with Crippen LogP contribution in [0.15, 0.2) is 29.4 Å². The van der Waals surface area contributed by atoms with Gasteiger partial charge in [-0.2, -0.15) is 0 Å². The lowest BCUT2D eigenvalue weighted by molar-refractivity contribution is 0.189. The van der Waals surface area contributed by atoms with Crippen LogP contribution < -0.4 is 10.5 Å². The number of hydrogen-bond donors (Lipinski definition) is 1. The lowest BCUT2D eigenvalue weighted by atomic mass is 10.2. The summed E-state index contributed by atoms with van der Waals surface area (Å²) >= 11 is 1.73. The van der Waals surface area contributed by atoms with Gasteiger partial charge in [0, 0.05) is 24.5 Å². The highest BCUT2D eigenvalue weighted by Gasteiger charge is 2.19. The molecule has 0 spiro atoms. The number of rotatable bonds is 7. The van der Waals surface area contributed by atoms with Gasteiger partial charge in [0.15, 0.2) is 5.16 Å². The van der Waals surface area contributed by atoms with E-state index in [1.165, 1.54) is 0 Å². The minimum absolute atomic E-state index is 0.551. The minimum Gasteiger partial charge on any atom is -0.497 e. The highest BCUT2D eigenvalue weighted by molar-refractivity contribution is 7.99. The predicted molar refractivity (Wildman–Crippen MR) is 90.3 cm³/mol. The van der Waals surface area contributed by atoms with Crippen LogP contribution in [-0.4, -0.2) is 47.4 Å². The van der Waals surface area contributed by atoms with Crippen LogP contribution >= 0.6 is 11.8 Å². The molecule has 1 aromatic carbocycles. The second kappa shape index (κ2) is 7.81. The Kier molecular flexibility index (Phi) is 5.53. The molecule has 3 rings (SSSR count). The zero-order valence-corrected chi connectivity index (χ0v) is 14.1. The van der Waals surface area contributed by atoms with Crippen molar-refractivity contribution in [1.29, 1.82) is 0 Å². The molecule has 1 aliphatic heterocycles. The maximum absolute atomic E-state index is 5.71. The number of ether oxygens (including phenoxy) is 2. The second-order valence-electron chi connectivity index (χ2n) is 5.51. The van der Waals surface area contributed by atoms with Gasteiger partial charge in [0.05, 0.1) is 13.7 Å². The Balaban J connectivity index is 1.83. The fourth-order valence-corrected chi connectivity index (χ4v) is 3.67. The monoisotopic (exact) mass is 334 g/mol. The highest BCUT2D eigenvalue weighted by atomic mass is 32.2. The van der Waals surface area contributed by atoms with Crippen molar-refractivity contribution in [3.05, 3.63) is 30.1 Å². The van der Waals surface area contributed by atoms with E-state index in [0.717, 1.165) is 47.8 Å². The molecule has 2 heterocycles. The molecular formula is C16H22N4O2S. The van der Waals surface area contributed by atoms with Crippen LogP contribution in [0.3, 0.4) is 0 Å². The van der Waals surface area contributed by atoms with Gasteiger partial charge in [-0.05, 0) is 43.1 Å². The molecule has 0 bridgehead atoms. The molecule has 1 fully saturated rings. The van der Waals surface area contributed by atoms with E-state index >= 15 is 0 Å². The van der Waals surface area contributed by atoms with Gasteiger partial charge in [0.2, 0.25) is 0 Å². The van der Waals surface area contributed by atoms with Crippen LogP contribution in [0, 0.1) is 5.92 Å². The number of benzene rings is 1. The summed E-state index contributed by atoms with van der Waals surface area (Å²) in [5.41, 5.74) is 6.74. The molecule has 124 valence electrons. The minimum atomic E-state index is 0.551. The Morgan fingerprint density at radius 3 is 2.83 bits per heavy atom. The van der Waals surface area contributed by atoms with Gasteiger partial charge in [-0.1, -0.05) is 11.8 Å². The van der Waals surface area contributed by atoms with Crippen molar-refractivity contribution in [2.75, 3.05) is 32.6 Å². The maximum atomic E-state index is 5.71. The Labute approximate surface area is 140 Å². The Bertz CT molecular complexity index is 624. The summed E-state index contributed by atoms with van der Waals surface area (Å²) in [6, 6.07) is 7.93. The van der Waals surface area contributed by atoms with Gasteiger partial charge in [-0.3, -0.25) is 4.57 Å². The Morgan fingerprint density at radius 2 is 2.17 bits per heavy atom. The topological polar surface area (TPSA) is 75.2 Å². The molecule has 6 nitrogen and oxygen atoms in total. The number of nitrogens with two attached hydrogens (primary N) is 1. The first-order valence-corrected chi connectivity index (χ1v) is 8.79. The first-order chi connectivity index (χ1) is 11.3. The molecule has 1 aromatic heterocycles. The maximum Gasteiger partial charge on any atom is 0.195 e. The fourth-order valence-electron chi connectivity index (χ4n) is 2.58. The molecule has 1 atom stereocenters. The molecule has 0 unspecified atom stereocenters. The van der Waals surface area contributed by atoms with Crippen molar-refractivity contribution in [2.24, 2.45) is 11.7 Å². The average molecular weight is 334 g/mol. The largest absolute Gasteiger partial charge is 0.497 e. The van der Waals surface area contributed by atoms with E-state index in [1.54, 1.807) is 18.9 Å². The Hall–Kier alpha value is -1.57. The van der Waals surface area contributed by atoms with Crippen molar-refractivity contribution >= 4 is 11.8 Å². The summed E-state index contributed by atoms with van der Waals surface area (Å²) in [6.45, 7) is 2.27. The van der Waals surface area contributed by atoms with Gasteiger partial charge >= 0.3 is 0 Å². The Morgan fingerprint density at radius 1 is 1.35 bits per heavy atom. The summed E-state index contributed by atoms with van der Waals surface area (Å²) in [6.07, 6.45) is 1.82. The zero-order chi connectivity index (χ0) is 16.1. The number of aromatic nitrogens is 3. The molecule has 23 heavy (non-hydrogen) atoms. The third kappa shape index (κ3) is 3.85. The van der Waals surface area contributed by atoms with E-state index < -0.39 is 0 Å². The van der Waals surface area contributed by atoms with Crippen molar-refractivity contribution in [1.82, 2.24) is 14.8 Å². The number of thioether (sulfide) groups is 1. The molecule has 0 saturated carbocycles. The lowest BCUT2D eigenvalue weighted by Crippen LogP contribution is -2.10. The molecule has 2 N–H and O–H groups in total. The van der Waals surface area contributed by atoms with Gasteiger partial charge in [-0.25, -0.2) is 0 Å². The molecule has 1 saturated heterocycles. The fraction of sp³-hybridized carbons (Fsp3) is 0.500. The van der Waals surface area contributed by atoms with Gasteiger partial charge in [-0.15, -0.1) is 10.2 Å². The van der Waals surface area contributed by atoms with E-state index in [2.05, 4.69) is 14.8 Å². The number of nitrogens with zero attached hydrogens (tertiary/aromatic N) is 3. The number of hydrogen-bond acceptors (Lipinski definition) is 6. The summed E-state index contributed by atoms with van der Waals surface area (Å²) in [5.74, 6) is 3.32. The number of methoxy groups -OCH3 is 1. The summed E-state index contributed by atoms with van der Waals surface area (Å²) in [5, 5.41) is 9.59. The highest BCUT2D eigenvalue weighted by Crippen LogP contribution is 2.27. The molecule has 7 heteroatoms. The third-order valence-electron chi connectivity index (χ3n) is 3.87. The first-order valence-electron chi connectivity index (χ1n) is 7.81. The van der Waals surface area contributed by atoms with Gasteiger partial charge in [0.1, 0.15) is 11.6 Å². The van der Waals surface area contributed by atoms with Crippen LogP contribution in [-0.2, 0) is 11.2 Å². The molecule has 0 radical (unpaired) electrons. The lowest BCUT2D eigenvalue weighted by Gasteiger charge is -2.12. The van der Waals surface area contributed by atoms with Gasteiger partial charge < -0.3 is 15.2 Å². The average Bonchev–Trinajstić information content (AvgIpc) is 3.23. The molecule has 2 aromatic rings. The quantitative estimate of drug-likeness (QED) is 0.780. The third-order valence-corrected chi connectivity index (χ3v) is 5.03. The molecule has 0 amide bonds. The van der Waals surface area contributed by atoms with Gasteiger partial charge in [0.25, 0.3) is 0 Å². The first kappa shape index (κ1) is 16.3. The van der Waals surface area contributed by atoms with Crippen molar-refractivity contribution in [3.63, 3.8) is 0 Å². The molecule has 1 aliphatic rings. The van der Waals surface area contributed by atoms with E-state index in [-0.39, 0.29) is 0 Å². The predicted octanol–water partition coefficient (Wildman–Crippen LogP) is 1.91. The van der Waals surface area contributed by atoms with E-state index in [1.807, 2.05) is 24.3 Å². The standard InChI is InChI=1S/C16H22N4O2S/c1-21-14-4-2-13(3-5-14)20-15(6-8-17)18-19-16(20)23-11-12-7-9-22-10-12/h2-5,12H,6-11,17H2,1H3/t12-/m0/s1. The smallest absolute Gasteiger partial charge is 0.195 e. The zero-order valence-electron chi connectivity index (χ0n) is 13.3. The molecular weight excluding hydrogens is 312 g/mol. The summed E-state index contributed by atoms with van der Waals surface area (Å²) < 4.78 is 12.8. The molecule has 0 aliphatic carbocycles. The van der Waals surface area contributed by atoms with Crippen LogP contribution in [0.2, 0.25) is 0 Å². The van der Waals surface area contributed by atoms with Crippen LogP contribution in [0.1, 0.15) is 12.2 Å². The van der Waals surface area contributed by atoms with E-state index in [4.69, 9.17) is 15.2 Å². The SMILES string of the molecule is COc1ccc(-n2c(CCN)nnc2SC[C@H]2CCOC2)cc1. The van der Waals surface area contributed by atoms with E-state index in [0.29, 0.717) is 18.9 Å². The second-order valence-corrected chi connectivity index (χ2v) is 6.50. The van der Waals surface area contributed by atoms with Crippen LogP contribution in [0.5, 0.6) is 5.75 Å². The van der Waals surface area contributed by atoms with Crippen LogP contribution in [0.4, 0.5) is 0 Å².